The number of amides is 1. The number of nitrogens with zero attached hydrogens (tertiary/aromatic N) is 2. The molecule has 0 radical (unpaired) electrons. The molecule has 0 aromatic carbocycles. The molecular weight excluding hydrogens is 250 g/mol. The van der Waals surface area contributed by atoms with E-state index in [2.05, 4.69) is 16.6 Å². The highest BCUT2D eigenvalue weighted by Gasteiger charge is 2.27. The molecule has 1 aromatic heterocycles. The van der Waals surface area contributed by atoms with Gasteiger partial charge in [-0.1, -0.05) is 6.92 Å². The van der Waals surface area contributed by atoms with Gasteiger partial charge in [0.25, 0.3) is 5.91 Å². The van der Waals surface area contributed by atoms with Crippen LogP contribution in [0, 0.1) is 6.92 Å². The van der Waals surface area contributed by atoms with Gasteiger partial charge in [-0.05, 0) is 24.9 Å². The molecule has 1 fully saturated rings. The zero-order chi connectivity index (χ0) is 13.1. The van der Waals surface area contributed by atoms with Crippen LogP contribution in [0.5, 0.6) is 0 Å². The number of rotatable bonds is 3. The van der Waals surface area contributed by atoms with Crippen molar-refractivity contribution in [1.82, 2.24) is 9.27 Å². The molecule has 1 atom stereocenters. The average Bonchev–Trinajstić information content (AvgIpc) is 2.79. The first-order valence-electron chi connectivity index (χ1n) is 6.22. The second-order valence-electron chi connectivity index (χ2n) is 4.37. The summed E-state index contributed by atoms with van der Waals surface area (Å²) < 4.78 is 9.83. The quantitative estimate of drug-likeness (QED) is 0.908. The summed E-state index contributed by atoms with van der Waals surface area (Å²) in [6, 6.07) is 0. The maximum absolute atomic E-state index is 12.5. The van der Waals surface area contributed by atoms with E-state index in [9.17, 15) is 4.79 Å². The van der Waals surface area contributed by atoms with Gasteiger partial charge in [-0.2, -0.15) is 4.37 Å². The van der Waals surface area contributed by atoms with Gasteiger partial charge in [-0.25, -0.2) is 0 Å². The van der Waals surface area contributed by atoms with Crippen LogP contribution in [0.15, 0.2) is 0 Å². The van der Waals surface area contributed by atoms with Crippen LogP contribution >= 0.6 is 11.5 Å². The molecule has 2 heterocycles. The molecule has 0 bridgehead atoms. The first-order valence-corrected chi connectivity index (χ1v) is 6.99. The Morgan fingerprint density at radius 3 is 3.11 bits per heavy atom. The SMILES string of the molecule is CC[C@H]1CN(C(=O)c2c(C)nsc2NC)CCO1. The van der Waals surface area contributed by atoms with E-state index < -0.39 is 0 Å². The Kier molecular flexibility index (Phi) is 4.19. The molecule has 1 aromatic rings. The highest BCUT2D eigenvalue weighted by molar-refractivity contribution is 7.10. The molecule has 0 spiro atoms. The average molecular weight is 269 g/mol. The second-order valence-corrected chi connectivity index (χ2v) is 5.15. The van der Waals surface area contributed by atoms with Gasteiger partial charge in [-0.3, -0.25) is 4.79 Å². The molecule has 0 unspecified atom stereocenters. The molecule has 2 rings (SSSR count). The van der Waals surface area contributed by atoms with Gasteiger partial charge < -0.3 is 15.0 Å². The first-order chi connectivity index (χ1) is 8.67. The molecule has 5 nitrogen and oxygen atoms in total. The van der Waals surface area contributed by atoms with Crippen LogP contribution in [-0.4, -0.2) is 48.0 Å². The van der Waals surface area contributed by atoms with E-state index in [1.807, 2.05) is 18.9 Å². The molecule has 1 saturated heterocycles. The predicted molar refractivity (Wildman–Crippen MR) is 72.3 cm³/mol. The van der Waals surface area contributed by atoms with Crippen LogP contribution in [0.1, 0.15) is 29.4 Å². The van der Waals surface area contributed by atoms with Crippen molar-refractivity contribution in [3.05, 3.63) is 11.3 Å². The summed E-state index contributed by atoms with van der Waals surface area (Å²) in [6.07, 6.45) is 1.09. The van der Waals surface area contributed by atoms with Gasteiger partial charge in [0, 0.05) is 20.1 Å². The van der Waals surface area contributed by atoms with E-state index >= 15 is 0 Å². The van der Waals surface area contributed by atoms with E-state index in [-0.39, 0.29) is 12.0 Å². The molecule has 1 amide bonds. The number of morpholine rings is 1. The highest BCUT2D eigenvalue weighted by Crippen LogP contribution is 2.26. The van der Waals surface area contributed by atoms with Crippen LogP contribution in [0.25, 0.3) is 0 Å². The first kappa shape index (κ1) is 13.3. The lowest BCUT2D eigenvalue weighted by molar-refractivity contribution is -0.0226. The van der Waals surface area contributed by atoms with Crippen molar-refractivity contribution in [2.24, 2.45) is 0 Å². The predicted octanol–water partition coefficient (Wildman–Crippen LogP) is 1.74. The molecule has 1 aliphatic heterocycles. The fraction of sp³-hybridized carbons (Fsp3) is 0.667. The molecule has 1 aliphatic rings. The lowest BCUT2D eigenvalue weighted by atomic mass is 10.1. The Bertz CT molecular complexity index is 433. The third-order valence-electron chi connectivity index (χ3n) is 3.18. The van der Waals surface area contributed by atoms with Crippen molar-refractivity contribution in [2.45, 2.75) is 26.4 Å². The lowest BCUT2D eigenvalue weighted by Crippen LogP contribution is -2.45. The van der Waals surface area contributed by atoms with Gasteiger partial charge in [0.15, 0.2) is 0 Å². The number of hydrogen-bond donors (Lipinski definition) is 1. The summed E-state index contributed by atoms with van der Waals surface area (Å²) in [5.74, 6) is 0.0624. The van der Waals surface area contributed by atoms with E-state index in [4.69, 9.17) is 4.74 Å². The van der Waals surface area contributed by atoms with E-state index in [0.29, 0.717) is 25.3 Å². The minimum Gasteiger partial charge on any atom is -0.378 e. The van der Waals surface area contributed by atoms with E-state index in [1.54, 1.807) is 0 Å². The zero-order valence-corrected chi connectivity index (χ0v) is 11.8. The zero-order valence-electron chi connectivity index (χ0n) is 11.0. The number of hydrogen-bond acceptors (Lipinski definition) is 5. The third kappa shape index (κ3) is 2.49. The second kappa shape index (κ2) is 5.67. The summed E-state index contributed by atoms with van der Waals surface area (Å²) in [7, 11) is 1.82. The Morgan fingerprint density at radius 2 is 2.44 bits per heavy atom. The Labute approximate surface area is 111 Å². The number of aryl methyl sites for hydroxylation is 1. The van der Waals surface area contributed by atoms with E-state index in [0.717, 1.165) is 17.1 Å². The van der Waals surface area contributed by atoms with Crippen LogP contribution < -0.4 is 5.32 Å². The van der Waals surface area contributed by atoms with Gasteiger partial charge >= 0.3 is 0 Å². The van der Waals surface area contributed by atoms with Crippen molar-refractivity contribution in [3.8, 4) is 0 Å². The van der Waals surface area contributed by atoms with Crippen LogP contribution in [0.4, 0.5) is 5.00 Å². The highest BCUT2D eigenvalue weighted by atomic mass is 32.1. The fourth-order valence-corrected chi connectivity index (χ4v) is 2.84. The number of aromatic nitrogens is 1. The summed E-state index contributed by atoms with van der Waals surface area (Å²) in [4.78, 5) is 14.4. The number of nitrogens with one attached hydrogen (secondary N) is 1. The van der Waals surface area contributed by atoms with Crippen molar-refractivity contribution < 1.29 is 9.53 Å². The molecular formula is C12H19N3O2S. The number of anilines is 1. The number of ether oxygens (including phenoxy) is 1. The van der Waals surface area contributed by atoms with Gasteiger partial charge in [-0.15, -0.1) is 0 Å². The smallest absolute Gasteiger partial charge is 0.258 e. The van der Waals surface area contributed by atoms with Crippen LogP contribution in [0.2, 0.25) is 0 Å². The Balaban J connectivity index is 2.17. The van der Waals surface area contributed by atoms with Crippen molar-refractivity contribution in [3.63, 3.8) is 0 Å². The normalized spacial score (nSPS) is 19.9. The summed E-state index contributed by atoms with van der Waals surface area (Å²) >= 11 is 1.34. The monoisotopic (exact) mass is 269 g/mol. The minimum atomic E-state index is 0.0624. The summed E-state index contributed by atoms with van der Waals surface area (Å²) in [6.45, 7) is 5.91. The van der Waals surface area contributed by atoms with Crippen molar-refractivity contribution in [2.75, 3.05) is 32.1 Å². The van der Waals surface area contributed by atoms with Crippen molar-refractivity contribution >= 4 is 22.4 Å². The standard InChI is InChI=1S/C12H19N3O2S/c1-4-9-7-15(5-6-17-9)12(16)10-8(2)14-18-11(10)13-3/h9,13H,4-7H2,1-3H3/t9-/m0/s1. The molecule has 0 aliphatic carbocycles. The lowest BCUT2D eigenvalue weighted by Gasteiger charge is -2.32. The summed E-state index contributed by atoms with van der Waals surface area (Å²) in [5, 5.41) is 3.88. The van der Waals surface area contributed by atoms with Gasteiger partial charge in [0.2, 0.25) is 0 Å². The molecule has 100 valence electrons. The Morgan fingerprint density at radius 1 is 1.67 bits per heavy atom. The summed E-state index contributed by atoms with van der Waals surface area (Å²) in [5.41, 5.74) is 1.51. The van der Waals surface area contributed by atoms with Crippen molar-refractivity contribution in [1.29, 1.82) is 0 Å². The number of carbonyl (C=O) groups is 1. The van der Waals surface area contributed by atoms with Crippen LogP contribution in [-0.2, 0) is 4.74 Å². The van der Waals surface area contributed by atoms with E-state index in [1.165, 1.54) is 11.5 Å². The maximum Gasteiger partial charge on any atom is 0.258 e. The number of carbonyl (C=O) groups excluding carboxylic acids is 1. The fourth-order valence-electron chi connectivity index (χ4n) is 2.10. The maximum atomic E-state index is 12.5. The van der Waals surface area contributed by atoms with Crippen LogP contribution in [0.3, 0.4) is 0 Å². The molecule has 0 saturated carbocycles. The molecule has 18 heavy (non-hydrogen) atoms. The molecule has 6 heteroatoms. The third-order valence-corrected chi connectivity index (χ3v) is 4.14. The largest absolute Gasteiger partial charge is 0.378 e. The molecule has 1 N–H and O–H groups in total. The Hall–Kier alpha value is -1.14. The minimum absolute atomic E-state index is 0.0624. The van der Waals surface area contributed by atoms with Gasteiger partial charge in [0.05, 0.1) is 24.0 Å². The van der Waals surface area contributed by atoms with Gasteiger partial charge in [0.1, 0.15) is 5.00 Å². The topological polar surface area (TPSA) is 54.5 Å².